The average Bonchev–Trinajstić information content (AvgIpc) is 2.76. The van der Waals surface area contributed by atoms with Crippen molar-refractivity contribution in [1.29, 1.82) is 0 Å². The van der Waals surface area contributed by atoms with Crippen molar-refractivity contribution < 1.29 is 4.52 Å². The minimum atomic E-state index is 0.381. The summed E-state index contributed by atoms with van der Waals surface area (Å²) in [5.74, 6) is 1.42. The van der Waals surface area contributed by atoms with Gasteiger partial charge in [-0.05, 0) is 18.5 Å². The van der Waals surface area contributed by atoms with Crippen LogP contribution in [0, 0.1) is 6.92 Å². The van der Waals surface area contributed by atoms with Crippen LogP contribution in [0.2, 0.25) is 5.28 Å². The average molecular weight is 214 g/mol. The molecule has 0 atom stereocenters. The Kier molecular flexibility index (Phi) is 2.45. The topological polar surface area (TPSA) is 69.6 Å². The molecule has 0 aliphatic heterocycles. The first-order valence-corrected chi connectivity index (χ1v) is 4.45. The van der Waals surface area contributed by atoms with Gasteiger partial charge in [-0.2, -0.15) is 4.98 Å². The zero-order chi connectivity index (χ0) is 9.97. The maximum Gasteiger partial charge on any atom is 0.225 e. The van der Waals surface area contributed by atoms with Crippen molar-refractivity contribution >= 4 is 11.6 Å². The van der Waals surface area contributed by atoms with Crippen LogP contribution in [0.1, 0.15) is 11.6 Å². The molecule has 0 amide bonds. The van der Waals surface area contributed by atoms with Gasteiger partial charge in [0.25, 0.3) is 0 Å². The second-order valence-electron chi connectivity index (χ2n) is 2.77. The largest absolute Gasteiger partial charge is 0.343 e. The van der Waals surface area contributed by atoms with Gasteiger partial charge in [0.05, 0.1) is 0 Å². The predicted octanol–water partition coefficient (Wildman–Crippen LogP) is 0.866. The van der Waals surface area contributed by atoms with Gasteiger partial charge in [-0.3, -0.25) is 0 Å². The summed E-state index contributed by atoms with van der Waals surface area (Å²) < 4.78 is 6.40. The molecule has 0 N–H and O–H groups in total. The third kappa shape index (κ3) is 1.74. The molecule has 2 aromatic heterocycles. The molecular weight excluding hydrogens is 206 g/mol. The lowest BCUT2D eigenvalue weighted by atomic mass is 10.4. The van der Waals surface area contributed by atoms with E-state index < -0.39 is 0 Å². The molecule has 2 aromatic rings. The van der Waals surface area contributed by atoms with E-state index in [1.165, 1.54) is 6.39 Å². The van der Waals surface area contributed by atoms with Gasteiger partial charge < -0.3 is 9.09 Å². The van der Waals surface area contributed by atoms with Crippen LogP contribution < -0.4 is 0 Å². The van der Waals surface area contributed by atoms with E-state index in [1.54, 1.807) is 4.57 Å². The quantitative estimate of drug-likeness (QED) is 0.757. The second kappa shape index (κ2) is 3.75. The fourth-order valence-electron chi connectivity index (χ4n) is 1.12. The number of aryl methyl sites for hydroxylation is 2. The number of aromatic nitrogens is 5. The Morgan fingerprint density at radius 2 is 2.36 bits per heavy atom. The third-order valence-electron chi connectivity index (χ3n) is 1.86. The predicted molar refractivity (Wildman–Crippen MR) is 47.8 cm³/mol. The Labute approximate surface area is 84.9 Å². The van der Waals surface area contributed by atoms with Gasteiger partial charge in [-0.25, -0.2) is 0 Å². The van der Waals surface area contributed by atoms with E-state index >= 15 is 0 Å². The van der Waals surface area contributed by atoms with Crippen LogP contribution in [0.3, 0.4) is 0 Å². The third-order valence-corrected chi connectivity index (χ3v) is 2.14. The molecule has 0 saturated carbocycles. The molecule has 0 aromatic carbocycles. The summed E-state index contributed by atoms with van der Waals surface area (Å²) in [4.78, 5) is 3.90. The van der Waals surface area contributed by atoms with Gasteiger partial charge in [0, 0.05) is 13.0 Å². The minimum Gasteiger partial charge on any atom is -0.343 e. The Morgan fingerprint density at radius 3 is 2.93 bits per heavy atom. The molecule has 74 valence electrons. The molecule has 0 unspecified atom stereocenters. The summed E-state index contributed by atoms with van der Waals surface area (Å²) in [5, 5.41) is 11.6. The zero-order valence-corrected chi connectivity index (χ0v) is 8.27. The van der Waals surface area contributed by atoms with Crippen LogP contribution in [-0.4, -0.2) is 24.9 Å². The molecule has 2 rings (SSSR count). The number of hydrogen-bond donors (Lipinski definition) is 0. The van der Waals surface area contributed by atoms with Crippen molar-refractivity contribution in [1.82, 2.24) is 24.9 Å². The molecular formula is C7H8ClN5O. The Morgan fingerprint density at radius 1 is 1.50 bits per heavy atom. The summed E-state index contributed by atoms with van der Waals surface area (Å²) in [5.41, 5.74) is 0. The second-order valence-corrected chi connectivity index (χ2v) is 3.10. The molecule has 0 aliphatic rings. The van der Waals surface area contributed by atoms with Crippen LogP contribution in [0.15, 0.2) is 10.9 Å². The standard InChI is InChI=1S/C7H8ClN5O/c1-5-10-11-7(8)13(5)3-2-6-9-4-14-12-6/h4H,2-3H2,1H3. The first kappa shape index (κ1) is 9.14. The van der Waals surface area contributed by atoms with Crippen molar-refractivity contribution in [3.63, 3.8) is 0 Å². The van der Waals surface area contributed by atoms with Gasteiger partial charge >= 0.3 is 0 Å². The Hall–Kier alpha value is -1.43. The van der Waals surface area contributed by atoms with Crippen LogP contribution in [0.4, 0.5) is 0 Å². The lowest BCUT2D eigenvalue weighted by Crippen LogP contribution is -2.04. The summed E-state index contributed by atoms with van der Waals surface area (Å²) >= 11 is 5.81. The van der Waals surface area contributed by atoms with Gasteiger partial charge in [-0.1, -0.05) is 5.16 Å². The van der Waals surface area contributed by atoms with Crippen LogP contribution in [0.5, 0.6) is 0 Å². The zero-order valence-electron chi connectivity index (χ0n) is 7.51. The molecule has 0 bridgehead atoms. The molecule has 0 saturated heterocycles. The van der Waals surface area contributed by atoms with E-state index in [-0.39, 0.29) is 0 Å². The van der Waals surface area contributed by atoms with E-state index in [4.69, 9.17) is 11.6 Å². The molecule has 7 heteroatoms. The SMILES string of the molecule is Cc1nnc(Cl)n1CCc1ncon1. The van der Waals surface area contributed by atoms with E-state index in [0.717, 1.165) is 5.82 Å². The number of halogens is 1. The van der Waals surface area contributed by atoms with Crippen molar-refractivity contribution in [2.45, 2.75) is 19.9 Å². The molecule has 2 heterocycles. The summed E-state index contributed by atoms with van der Waals surface area (Å²) in [6.45, 7) is 2.49. The van der Waals surface area contributed by atoms with Gasteiger partial charge in [0.2, 0.25) is 11.7 Å². The highest BCUT2D eigenvalue weighted by Crippen LogP contribution is 2.07. The van der Waals surface area contributed by atoms with Crippen LogP contribution >= 0.6 is 11.6 Å². The maximum atomic E-state index is 5.81. The van der Waals surface area contributed by atoms with E-state index in [1.807, 2.05) is 6.92 Å². The summed E-state index contributed by atoms with van der Waals surface area (Å²) in [7, 11) is 0. The van der Waals surface area contributed by atoms with Gasteiger partial charge in [0.15, 0.2) is 5.82 Å². The van der Waals surface area contributed by atoms with Gasteiger partial charge in [-0.15, -0.1) is 10.2 Å². The summed E-state index contributed by atoms with van der Waals surface area (Å²) in [6, 6.07) is 0. The molecule has 14 heavy (non-hydrogen) atoms. The van der Waals surface area contributed by atoms with Crippen LogP contribution in [0.25, 0.3) is 0 Å². The van der Waals surface area contributed by atoms with Crippen LogP contribution in [-0.2, 0) is 13.0 Å². The lowest BCUT2D eigenvalue weighted by molar-refractivity contribution is 0.408. The molecule has 0 aliphatic carbocycles. The fraction of sp³-hybridized carbons (Fsp3) is 0.429. The van der Waals surface area contributed by atoms with Crippen molar-refractivity contribution in [3.8, 4) is 0 Å². The molecule has 0 radical (unpaired) electrons. The molecule has 6 nitrogen and oxygen atoms in total. The van der Waals surface area contributed by atoms with E-state index in [9.17, 15) is 0 Å². The highest BCUT2D eigenvalue weighted by molar-refractivity contribution is 6.28. The fourth-order valence-corrected chi connectivity index (χ4v) is 1.37. The molecule has 0 fully saturated rings. The van der Waals surface area contributed by atoms with Crippen molar-refractivity contribution in [2.75, 3.05) is 0 Å². The first-order valence-electron chi connectivity index (χ1n) is 4.08. The monoisotopic (exact) mass is 213 g/mol. The first-order chi connectivity index (χ1) is 6.77. The van der Waals surface area contributed by atoms with Crippen molar-refractivity contribution in [3.05, 3.63) is 23.3 Å². The normalized spacial score (nSPS) is 10.7. The number of nitrogens with zero attached hydrogens (tertiary/aromatic N) is 5. The van der Waals surface area contributed by atoms with Crippen molar-refractivity contribution in [2.24, 2.45) is 0 Å². The highest BCUT2D eigenvalue weighted by atomic mass is 35.5. The van der Waals surface area contributed by atoms with E-state index in [0.29, 0.717) is 24.1 Å². The smallest absolute Gasteiger partial charge is 0.225 e. The maximum absolute atomic E-state index is 5.81. The summed E-state index contributed by atoms with van der Waals surface area (Å²) in [6.07, 6.45) is 1.95. The Bertz CT molecular complexity index is 390. The molecule has 0 spiro atoms. The number of rotatable bonds is 3. The van der Waals surface area contributed by atoms with Gasteiger partial charge in [0.1, 0.15) is 5.82 Å². The lowest BCUT2D eigenvalue weighted by Gasteiger charge is -2.01. The Balaban J connectivity index is 2.05. The minimum absolute atomic E-state index is 0.381. The van der Waals surface area contributed by atoms with E-state index in [2.05, 4.69) is 24.9 Å². The number of hydrogen-bond acceptors (Lipinski definition) is 5. The highest BCUT2D eigenvalue weighted by Gasteiger charge is 2.07.